The lowest BCUT2D eigenvalue weighted by Gasteiger charge is -2.19. The number of fused-ring (bicyclic) bond motifs is 1. The minimum atomic E-state index is 0.0429. The lowest BCUT2D eigenvalue weighted by molar-refractivity contribution is 0.477. The zero-order valence-electron chi connectivity index (χ0n) is 23.6. The van der Waals surface area contributed by atoms with Gasteiger partial charge in [-0.05, 0) is 90.0 Å². The topological polar surface area (TPSA) is 50.9 Å². The van der Waals surface area contributed by atoms with Gasteiger partial charge in [-0.1, -0.05) is 69.3 Å². The van der Waals surface area contributed by atoms with E-state index in [0.717, 1.165) is 39.1 Å². The van der Waals surface area contributed by atoms with Gasteiger partial charge in [0, 0.05) is 23.0 Å². The lowest BCUT2D eigenvalue weighted by atomic mass is 9.87. The van der Waals surface area contributed by atoms with Gasteiger partial charge in [-0.25, -0.2) is 4.98 Å². The fourth-order valence-corrected chi connectivity index (χ4v) is 5.42. The first-order valence-electron chi connectivity index (χ1n) is 13.6. The largest absolute Gasteiger partial charge is 0.507 e. The summed E-state index contributed by atoms with van der Waals surface area (Å²) in [6.45, 7) is 10.9. The number of benzene rings is 4. The van der Waals surface area contributed by atoms with E-state index in [1.807, 2.05) is 24.4 Å². The van der Waals surface area contributed by atoms with Crippen LogP contribution in [0.25, 0.3) is 50.5 Å². The van der Waals surface area contributed by atoms with E-state index in [2.05, 4.69) is 112 Å². The Bertz CT molecular complexity index is 1850. The van der Waals surface area contributed by atoms with E-state index in [1.165, 1.54) is 16.7 Å². The van der Waals surface area contributed by atoms with Crippen LogP contribution in [0.3, 0.4) is 0 Å². The molecule has 0 amide bonds. The number of phenolic OH excluding ortho intramolecular Hbond substituents is 1. The van der Waals surface area contributed by atoms with Crippen molar-refractivity contribution in [1.82, 2.24) is 14.5 Å². The number of rotatable bonds is 4. The van der Waals surface area contributed by atoms with Gasteiger partial charge in [0.15, 0.2) is 0 Å². The van der Waals surface area contributed by atoms with E-state index in [-0.39, 0.29) is 11.2 Å². The average Bonchev–Trinajstić information content (AvgIpc) is 3.32. The predicted octanol–water partition coefficient (Wildman–Crippen LogP) is 9.04. The molecule has 4 nitrogen and oxygen atoms in total. The Labute approximate surface area is 235 Å². The second-order valence-electron chi connectivity index (χ2n) is 11.6. The van der Waals surface area contributed by atoms with Gasteiger partial charge in [0.1, 0.15) is 11.6 Å². The van der Waals surface area contributed by atoms with Gasteiger partial charge in [0.2, 0.25) is 0 Å². The van der Waals surface area contributed by atoms with Crippen LogP contribution in [0.5, 0.6) is 5.75 Å². The summed E-state index contributed by atoms with van der Waals surface area (Å²) in [5.74, 6) is 0.915. The molecule has 198 valence electrons. The number of para-hydroxylation sites is 2. The number of aryl methyl sites for hydroxylation is 2. The molecule has 0 atom stereocenters. The van der Waals surface area contributed by atoms with Gasteiger partial charge in [-0.3, -0.25) is 9.55 Å². The molecule has 0 bridgehead atoms. The van der Waals surface area contributed by atoms with Crippen LogP contribution in [0.4, 0.5) is 0 Å². The maximum Gasteiger partial charge on any atom is 0.149 e. The standard InChI is InChI=1S/C36H33N3O/c1-23-18-24(2)20-28(19-23)39-32-14-9-13-29(34(32)38-35(39)30-12-6-7-15-33(30)40)25-10-8-11-26(21-25)31-22-27(16-17-37-31)36(3,4)5/h6-22,40H,1-5H3. The molecule has 0 fully saturated rings. The predicted molar refractivity (Wildman–Crippen MR) is 165 cm³/mol. The van der Waals surface area contributed by atoms with Gasteiger partial charge in [-0.15, -0.1) is 0 Å². The van der Waals surface area contributed by atoms with E-state index in [9.17, 15) is 5.11 Å². The van der Waals surface area contributed by atoms with Crippen molar-refractivity contribution in [3.05, 3.63) is 120 Å². The first-order chi connectivity index (χ1) is 19.2. The third-order valence-corrected chi connectivity index (χ3v) is 7.39. The Morgan fingerprint density at radius 3 is 2.15 bits per heavy atom. The number of aromatic nitrogens is 3. The second kappa shape index (κ2) is 9.80. The van der Waals surface area contributed by atoms with Gasteiger partial charge < -0.3 is 5.11 Å². The summed E-state index contributed by atoms with van der Waals surface area (Å²) in [7, 11) is 0. The van der Waals surface area contributed by atoms with Crippen LogP contribution in [-0.2, 0) is 5.41 Å². The smallest absolute Gasteiger partial charge is 0.149 e. The quantitative estimate of drug-likeness (QED) is 0.251. The third kappa shape index (κ3) is 4.66. The summed E-state index contributed by atoms with van der Waals surface area (Å²) in [5, 5.41) is 10.8. The first-order valence-corrected chi connectivity index (χ1v) is 13.6. The molecule has 2 heterocycles. The molecule has 0 aliphatic rings. The summed E-state index contributed by atoms with van der Waals surface area (Å²) in [4.78, 5) is 9.89. The van der Waals surface area contributed by atoms with Crippen molar-refractivity contribution in [1.29, 1.82) is 0 Å². The van der Waals surface area contributed by atoms with Crippen LogP contribution in [0.15, 0.2) is 103 Å². The van der Waals surface area contributed by atoms with E-state index < -0.39 is 0 Å². The molecule has 0 saturated heterocycles. The van der Waals surface area contributed by atoms with Crippen LogP contribution in [0, 0.1) is 13.8 Å². The van der Waals surface area contributed by atoms with E-state index in [4.69, 9.17) is 9.97 Å². The third-order valence-electron chi connectivity index (χ3n) is 7.39. The number of hydrogen-bond donors (Lipinski definition) is 1. The molecule has 4 aromatic carbocycles. The molecular formula is C36H33N3O. The normalized spacial score (nSPS) is 11.7. The first kappa shape index (κ1) is 25.6. The van der Waals surface area contributed by atoms with Gasteiger partial charge >= 0.3 is 0 Å². The number of imidazole rings is 1. The number of pyridine rings is 1. The maximum atomic E-state index is 10.8. The summed E-state index contributed by atoms with van der Waals surface area (Å²) in [6.07, 6.45) is 1.90. The summed E-state index contributed by atoms with van der Waals surface area (Å²) >= 11 is 0. The van der Waals surface area contributed by atoms with Crippen molar-refractivity contribution >= 4 is 11.0 Å². The Kier molecular flexibility index (Phi) is 6.26. The fraction of sp³-hybridized carbons (Fsp3) is 0.167. The van der Waals surface area contributed by atoms with Crippen molar-refractivity contribution in [3.63, 3.8) is 0 Å². The highest BCUT2D eigenvalue weighted by atomic mass is 16.3. The van der Waals surface area contributed by atoms with E-state index in [1.54, 1.807) is 6.07 Å². The molecule has 0 spiro atoms. The Morgan fingerprint density at radius 2 is 1.40 bits per heavy atom. The molecule has 0 unspecified atom stereocenters. The maximum absolute atomic E-state index is 10.8. The molecule has 0 radical (unpaired) electrons. The Hall–Kier alpha value is -4.70. The molecule has 4 heteroatoms. The van der Waals surface area contributed by atoms with Crippen molar-refractivity contribution in [2.45, 2.75) is 40.0 Å². The zero-order valence-corrected chi connectivity index (χ0v) is 23.6. The van der Waals surface area contributed by atoms with Crippen molar-refractivity contribution in [2.75, 3.05) is 0 Å². The molecule has 0 aliphatic heterocycles. The summed E-state index contributed by atoms with van der Waals surface area (Å²) in [5.41, 5.74) is 11.4. The van der Waals surface area contributed by atoms with Crippen LogP contribution in [0.2, 0.25) is 0 Å². The van der Waals surface area contributed by atoms with Crippen LogP contribution >= 0.6 is 0 Å². The number of nitrogens with zero attached hydrogens (tertiary/aromatic N) is 3. The molecule has 6 rings (SSSR count). The molecule has 0 saturated carbocycles. The molecular weight excluding hydrogens is 490 g/mol. The monoisotopic (exact) mass is 523 g/mol. The Balaban J connectivity index is 1.58. The average molecular weight is 524 g/mol. The number of aromatic hydroxyl groups is 1. The van der Waals surface area contributed by atoms with Crippen molar-refractivity contribution in [2.24, 2.45) is 0 Å². The van der Waals surface area contributed by atoms with Gasteiger partial charge in [-0.2, -0.15) is 0 Å². The molecule has 6 aromatic rings. The molecule has 2 aromatic heterocycles. The minimum absolute atomic E-state index is 0.0429. The highest BCUT2D eigenvalue weighted by Gasteiger charge is 2.20. The number of phenols is 1. The molecule has 0 aliphatic carbocycles. The zero-order chi connectivity index (χ0) is 28.0. The highest BCUT2D eigenvalue weighted by molar-refractivity contribution is 5.96. The van der Waals surface area contributed by atoms with Crippen molar-refractivity contribution < 1.29 is 5.11 Å². The van der Waals surface area contributed by atoms with Crippen LogP contribution < -0.4 is 0 Å². The van der Waals surface area contributed by atoms with E-state index >= 15 is 0 Å². The van der Waals surface area contributed by atoms with Gasteiger partial charge in [0.25, 0.3) is 0 Å². The van der Waals surface area contributed by atoms with Gasteiger partial charge in [0.05, 0.1) is 22.3 Å². The molecule has 1 N–H and O–H groups in total. The Morgan fingerprint density at radius 1 is 0.700 bits per heavy atom. The SMILES string of the molecule is Cc1cc(C)cc(-n2c(-c3ccccc3O)nc3c(-c4cccc(-c5cc(C(C)(C)C)ccn5)c4)cccc32)c1. The highest BCUT2D eigenvalue weighted by Crippen LogP contribution is 2.38. The summed E-state index contributed by atoms with van der Waals surface area (Å²) < 4.78 is 2.16. The van der Waals surface area contributed by atoms with Crippen LogP contribution in [0.1, 0.15) is 37.5 Å². The summed E-state index contributed by atoms with van der Waals surface area (Å²) in [6, 6.07) is 33.0. The number of hydrogen-bond acceptors (Lipinski definition) is 3. The lowest BCUT2D eigenvalue weighted by Crippen LogP contribution is -2.11. The van der Waals surface area contributed by atoms with E-state index in [0.29, 0.717) is 11.4 Å². The fourth-order valence-electron chi connectivity index (χ4n) is 5.42. The minimum Gasteiger partial charge on any atom is -0.507 e. The second-order valence-corrected chi connectivity index (χ2v) is 11.6. The van der Waals surface area contributed by atoms with Crippen LogP contribution in [-0.4, -0.2) is 19.6 Å². The molecule has 40 heavy (non-hydrogen) atoms. The van der Waals surface area contributed by atoms with Crippen molar-refractivity contribution in [3.8, 4) is 45.2 Å².